The Balaban J connectivity index is 1.90. The molecule has 0 aromatic heterocycles. The van der Waals surface area contributed by atoms with Gasteiger partial charge in [0.25, 0.3) is 0 Å². The molecular weight excluding hydrogens is 546 g/mol. The van der Waals surface area contributed by atoms with E-state index in [2.05, 4.69) is 21.2 Å². The van der Waals surface area contributed by atoms with Crippen LogP contribution in [0.3, 0.4) is 0 Å². The average Bonchev–Trinajstić information content (AvgIpc) is 3.34. The summed E-state index contributed by atoms with van der Waals surface area (Å²) in [4.78, 5) is 28.2. The molecule has 3 rings (SSSR count). The van der Waals surface area contributed by atoms with Crippen LogP contribution in [0.4, 0.5) is 5.69 Å². The minimum atomic E-state index is -3.83. The molecule has 8 nitrogen and oxygen atoms in total. The van der Waals surface area contributed by atoms with Gasteiger partial charge in [-0.2, -0.15) is 0 Å². The Bertz CT molecular complexity index is 1150. The Morgan fingerprint density at radius 3 is 2.36 bits per heavy atom. The van der Waals surface area contributed by atoms with Crippen LogP contribution in [-0.4, -0.2) is 56.6 Å². The maximum atomic E-state index is 13.7. The van der Waals surface area contributed by atoms with Crippen molar-refractivity contribution in [2.24, 2.45) is 0 Å². The fourth-order valence-corrected chi connectivity index (χ4v) is 5.41. The number of anilines is 1. The van der Waals surface area contributed by atoms with E-state index >= 15 is 0 Å². The van der Waals surface area contributed by atoms with Crippen LogP contribution in [0, 0.1) is 0 Å². The highest BCUT2D eigenvalue weighted by atomic mass is 79.9. The molecule has 0 saturated heterocycles. The number of ether oxygens (including phenoxy) is 1. The van der Waals surface area contributed by atoms with Crippen molar-refractivity contribution in [1.82, 2.24) is 10.2 Å². The number of hydrogen-bond acceptors (Lipinski definition) is 5. The normalized spacial score (nSPS) is 14.8. The second-order valence-corrected chi connectivity index (χ2v) is 11.8. The minimum absolute atomic E-state index is 0.107. The lowest BCUT2D eigenvalue weighted by Crippen LogP contribution is -2.52. The molecule has 0 heterocycles. The molecule has 36 heavy (non-hydrogen) atoms. The Labute approximate surface area is 222 Å². The van der Waals surface area contributed by atoms with E-state index in [1.54, 1.807) is 38.1 Å². The van der Waals surface area contributed by atoms with Gasteiger partial charge in [0.15, 0.2) is 0 Å². The molecule has 2 amide bonds. The molecule has 1 aliphatic rings. The van der Waals surface area contributed by atoms with Crippen molar-refractivity contribution >= 4 is 43.5 Å². The number of para-hydroxylation sites is 2. The molecule has 0 radical (unpaired) electrons. The molecule has 196 valence electrons. The number of rotatable bonds is 11. The summed E-state index contributed by atoms with van der Waals surface area (Å²) in [6, 6.07) is 13.5. The number of halogens is 1. The first-order valence-corrected chi connectivity index (χ1v) is 14.8. The minimum Gasteiger partial charge on any atom is -0.492 e. The largest absolute Gasteiger partial charge is 0.492 e. The van der Waals surface area contributed by atoms with Gasteiger partial charge in [-0.1, -0.05) is 53.0 Å². The fourth-order valence-electron chi connectivity index (χ4n) is 4.30. The smallest absolute Gasteiger partial charge is 0.244 e. The zero-order chi connectivity index (χ0) is 26.3. The van der Waals surface area contributed by atoms with E-state index in [4.69, 9.17) is 4.74 Å². The number of hydrogen-bond donors (Lipinski definition) is 1. The molecule has 0 aliphatic heterocycles. The number of carbonyl (C=O) groups is 2. The molecule has 1 atom stereocenters. The standard InChI is InChI=1S/C26H34BrN3O5S/c1-4-35-24-12-8-7-11-23(24)30(36(3,33)34)18-25(31)29(17-20-13-15-21(27)16-14-20)19(2)26(32)28-22-9-5-6-10-22/h7-8,11-16,19,22H,4-6,9-10,17-18H2,1-3H3,(H,28,32)/t19-/m0/s1. The predicted molar refractivity (Wildman–Crippen MR) is 144 cm³/mol. The third-order valence-electron chi connectivity index (χ3n) is 6.25. The van der Waals surface area contributed by atoms with Gasteiger partial charge in [-0.25, -0.2) is 8.42 Å². The topological polar surface area (TPSA) is 96.0 Å². The van der Waals surface area contributed by atoms with Gasteiger partial charge in [0.2, 0.25) is 21.8 Å². The highest BCUT2D eigenvalue weighted by Gasteiger charge is 2.32. The molecule has 10 heteroatoms. The summed E-state index contributed by atoms with van der Waals surface area (Å²) in [5.41, 5.74) is 1.11. The van der Waals surface area contributed by atoms with Crippen molar-refractivity contribution in [3.8, 4) is 5.75 Å². The van der Waals surface area contributed by atoms with Gasteiger partial charge in [-0.05, 0) is 56.5 Å². The Morgan fingerprint density at radius 2 is 1.75 bits per heavy atom. The maximum Gasteiger partial charge on any atom is 0.244 e. The second-order valence-electron chi connectivity index (χ2n) is 8.98. The van der Waals surface area contributed by atoms with Gasteiger partial charge in [0, 0.05) is 17.1 Å². The zero-order valence-electron chi connectivity index (χ0n) is 20.9. The van der Waals surface area contributed by atoms with Crippen molar-refractivity contribution in [1.29, 1.82) is 0 Å². The Kier molecular flexibility index (Phi) is 9.78. The molecule has 2 aromatic rings. The van der Waals surface area contributed by atoms with Crippen molar-refractivity contribution in [2.45, 2.75) is 58.2 Å². The van der Waals surface area contributed by atoms with Gasteiger partial charge in [-0.3, -0.25) is 13.9 Å². The highest BCUT2D eigenvalue weighted by Crippen LogP contribution is 2.30. The molecule has 1 saturated carbocycles. The quantitative estimate of drug-likeness (QED) is 0.432. The van der Waals surface area contributed by atoms with E-state index in [0.717, 1.165) is 46.3 Å². The lowest BCUT2D eigenvalue weighted by Gasteiger charge is -2.32. The molecule has 0 spiro atoms. The average molecular weight is 581 g/mol. The molecular formula is C26H34BrN3O5S. The van der Waals surface area contributed by atoms with Crippen molar-refractivity contribution in [2.75, 3.05) is 23.7 Å². The summed E-state index contributed by atoms with van der Waals surface area (Å²) in [6.45, 7) is 3.53. The van der Waals surface area contributed by atoms with Gasteiger partial charge < -0.3 is 15.0 Å². The Hall–Kier alpha value is -2.59. The van der Waals surface area contributed by atoms with Gasteiger partial charge in [-0.15, -0.1) is 0 Å². The lowest BCUT2D eigenvalue weighted by molar-refractivity contribution is -0.139. The summed E-state index contributed by atoms with van der Waals surface area (Å²) in [5.74, 6) is -0.360. The van der Waals surface area contributed by atoms with Crippen LogP contribution >= 0.6 is 15.9 Å². The maximum absolute atomic E-state index is 13.7. The first kappa shape index (κ1) is 28.0. The summed E-state index contributed by atoms with van der Waals surface area (Å²) < 4.78 is 33.1. The van der Waals surface area contributed by atoms with Crippen LogP contribution in [0.1, 0.15) is 45.1 Å². The predicted octanol–water partition coefficient (Wildman–Crippen LogP) is 4.09. The van der Waals surface area contributed by atoms with Crippen LogP contribution in [0.2, 0.25) is 0 Å². The number of carbonyl (C=O) groups excluding carboxylic acids is 2. The van der Waals surface area contributed by atoms with Gasteiger partial charge in [0.1, 0.15) is 18.3 Å². The molecule has 0 unspecified atom stereocenters. The first-order valence-electron chi connectivity index (χ1n) is 12.1. The molecule has 2 aromatic carbocycles. The van der Waals surface area contributed by atoms with Gasteiger partial charge in [0.05, 0.1) is 18.6 Å². The monoisotopic (exact) mass is 579 g/mol. The third kappa shape index (κ3) is 7.46. The molecule has 1 aliphatic carbocycles. The number of nitrogens with zero attached hydrogens (tertiary/aromatic N) is 2. The fraction of sp³-hybridized carbons (Fsp3) is 0.462. The molecule has 1 fully saturated rings. The molecule has 0 bridgehead atoms. The summed E-state index contributed by atoms with van der Waals surface area (Å²) >= 11 is 3.41. The van der Waals surface area contributed by atoms with E-state index < -0.39 is 28.5 Å². The zero-order valence-corrected chi connectivity index (χ0v) is 23.3. The molecule has 1 N–H and O–H groups in total. The number of amides is 2. The summed E-state index contributed by atoms with van der Waals surface area (Å²) in [5, 5.41) is 3.06. The van der Waals surface area contributed by atoms with E-state index in [1.807, 2.05) is 24.3 Å². The highest BCUT2D eigenvalue weighted by molar-refractivity contribution is 9.10. The van der Waals surface area contributed by atoms with E-state index in [9.17, 15) is 18.0 Å². The summed E-state index contributed by atoms with van der Waals surface area (Å²) in [7, 11) is -3.83. The van der Waals surface area contributed by atoms with E-state index in [-0.39, 0.29) is 24.2 Å². The second kappa shape index (κ2) is 12.6. The van der Waals surface area contributed by atoms with Gasteiger partial charge >= 0.3 is 0 Å². The van der Waals surface area contributed by atoms with E-state index in [1.165, 1.54) is 4.90 Å². The van der Waals surface area contributed by atoms with Crippen LogP contribution in [0.15, 0.2) is 53.0 Å². The Morgan fingerprint density at radius 1 is 1.11 bits per heavy atom. The van der Waals surface area contributed by atoms with Crippen LogP contribution in [0.25, 0.3) is 0 Å². The number of benzene rings is 2. The number of nitrogens with one attached hydrogen (secondary N) is 1. The van der Waals surface area contributed by atoms with Crippen LogP contribution in [0.5, 0.6) is 5.75 Å². The van der Waals surface area contributed by atoms with Crippen molar-refractivity contribution in [3.63, 3.8) is 0 Å². The third-order valence-corrected chi connectivity index (χ3v) is 7.90. The first-order chi connectivity index (χ1) is 17.1. The van der Waals surface area contributed by atoms with Crippen molar-refractivity contribution in [3.05, 3.63) is 58.6 Å². The van der Waals surface area contributed by atoms with Crippen LogP contribution in [-0.2, 0) is 26.2 Å². The lowest BCUT2D eigenvalue weighted by atomic mass is 10.1. The number of sulfonamides is 1. The SMILES string of the molecule is CCOc1ccccc1N(CC(=O)N(Cc1ccc(Br)cc1)[C@@H](C)C(=O)NC1CCCC1)S(C)(=O)=O. The van der Waals surface area contributed by atoms with E-state index in [0.29, 0.717) is 12.4 Å². The summed E-state index contributed by atoms with van der Waals surface area (Å²) in [6.07, 6.45) is 5.05. The van der Waals surface area contributed by atoms with Crippen LogP contribution < -0.4 is 14.4 Å². The van der Waals surface area contributed by atoms with Crippen molar-refractivity contribution < 1.29 is 22.7 Å².